The molecule has 1 unspecified atom stereocenters. The fourth-order valence-corrected chi connectivity index (χ4v) is 3.17. The normalized spacial score (nSPS) is 21.5. The predicted molar refractivity (Wildman–Crippen MR) is 90.1 cm³/mol. The van der Waals surface area contributed by atoms with E-state index in [0.29, 0.717) is 5.76 Å². The molecule has 148 valence electrons. The molecule has 1 aliphatic carbocycles. The maximum absolute atomic E-state index is 14.0. The molecule has 4 rings (SSSR count). The summed E-state index contributed by atoms with van der Waals surface area (Å²) >= 11 is 5.84. The van der Waals surface area contributed by atoms with Crippen molar-refractivity contribution in [2.45, 2.75) is 30.5 Å². The quantitative estimate of drug-likeness (QED) is 0.788. The van der Waals surface area contributed by atoms with E-state index in [-0.39, 0.29) is 22.3 Å². The first kappa shape index (κ1) is 18.6. The van der Waals surface area contributed by atoms with Gasteiger partial charge in [-0.25, -0.2) is 4.79 Å². The van der Waals surface area contributed by atoms with Gasteiger partial charge in [0.15, 0.2) is 5.69 Å². The summed E-state index contributed by atoms with van der Waals surface area (Å²) in [6.07, 6.45) is -4.50. The van der Waals surface area contributed by atoms with Gasteiger partial charge in [0.1, 0.15) is 5.76 Å². The van der Waals surface area contributed by atoms with Gasteiger partial charge in [-0.2, -0.15) is 13.2 Å². The minimum Gasteiger partial charge on any atom is -0.426 e. The first-order chi connectivity index (χ1) is 13.2. The summed E-state index contributed by atoms with van der Waals surface area (Å²) in [5.41, 5.74) is -3.77. The Balaban J connectivity index is 1.64. The second-order valence-corrected chi connectivity index (χ2v) is 7.04. The average molecular weight is 416 g/mol. The van der Waals surface area contributed by atoms with E-state index in [4.69, 9.17) is 16.1 Å². The van der Waals surface area contributed by atoms with Crippen LogP contribution in [0.15, 0.2) is 28.8 Å². The zero-order chi connectivity index (χ0) is 20.1. The van der Waals surface area contributed by atoms with Gasteiger partial charge in [-0.1, -0.05) is 16.8 Å². The Hall–Kier alpha value is -2.75. The van der Waals surface area contributed by atoms with Crippen molar-refractivity contribution in [2.75, 3.05) is 11.9 Å². The number of nitrogens with one attached hydrogen (secondary N) is 2. The lowest BCUT2D eigenvalue weighted by atomic mass is 9.89. The van der Waals surface area contributed by atoms with Crippen LogP contribution in [0.3, 0.4) is 0 Å². The smallest absolute Gasteiger partial charge is 0.426 e. The summed E-state index contributed by atoms with van der Waals surface area (Å²) in [4.78, 5) is 24.1. The molecule has 1 saturated carbocycles. The Labute approximate surface area is 161 Å². The number of rotatable bonds is 4. The number of halogens is 4. The Morgan fingerprint density at radius 1 is 1.36 bits per heavy atom. The molecular formula is C17H13ClF3N3O4. The third kappa shape index (κ3) is 3.17. The second kappa shape index (κ2) is 6.40. The van der Waals surface area contributed by atoms with Gasteiger partial charge in [0.25, 0.3) is 11.5 Å². The first-order valence-electron chi connectivity index (χ1n) is 8.31. The average Bonchev–Trinajstić information content (AvgIpc) is 3.35. The van der Waals surface area contributed by atoms with E-state index < -0.39 is 35.9 Å². The molecule has 0 radical (unpaired) electrons. The number of aromatic nitrogens is 1. The van der Waals surface area contributed by atoms with Crippen molar-refractivity contribution in [2.24, 2.45) is 0 Å². The summed E-state index contributed by atoms with van der Waals surface area (Å²) in [6.45, 7) is -1.05. The standard InChI is InChI=1S/C17H13ClF3N3O4/c18-9-3-4-11-10(5-9)16(17(19,20)21,27-15(26)23-11)7-22-14(25)12-6-13(28-24-12)8-1-2-8/h3-6,8H,1-2,7H2,(H,22,25)(H,23,26). The van der Waals surface area contributed by atoms with Crippen molar-refractivity contribution in [1.82, 2.24) is 10.5 Å². The third-order valence-electron chi connectivity index (χ3n) is 4.62. The molecule has 11 heteroatoms. The number of nitrogens with zero attached hydrogens (tertiary/aromatic N) is 1. The van der Waals surface area contributed by atoms with Gasteiger partial charge in [-0.3, -0.25) is 10.1 Å². The fraction of sp³-hybridized carbons (Fsp3) is 0.353. The summed E-state index contributed by atoms with van der Waals surface area (Å²) < 4.78 is 51.8. The van der Waals surface area contributed by atoms with E-state index >= 15 is 0 Å². The molecule has 1 aromatic carbocycles. The molecule has 7 nitrogen and oxygen atoms in total. The van der Waals surface area contributed by atoms with E-state index in [1.165, 1.54) is 18.2 Å². The van der Waals surface area contributed by atoms with Crippen molar-refractivity contribution in [1.29, 1.82) is 0 Å². The van der Waals surface area contributed by atoms with E-state index in [1.54, 1.807) is 0 Å². The van der Waals surface area contributed by atoms with Crippen LogP contribution in [0, 0.1) is 0 Å². The Kier molecular flexibility index (Phi) is 4.25. The van der Waals surface area contributed by atoms with Crippen LogP contribution in [0.5, 0.6) is 0 Å². The molecule has 28 heavy (non-hydrogen) atoms. The monoisotopic (exact) mass is 415 g/mol. The van der Waals surface area contributed by atoms with Gasteiger partial charge < -0.3 is 14.6 Å². The molecule has 1 atom stereocenters. The number of alkyl halides is 3. The summed E-state index contributed by atoms with van der Waals surface area (Å²) in [5.74, 6) is -0.173. The number of amides is 2. The highest BCUT2D eigenvalue weighted by Crippen LogP contribution is 2.48. The summed E-state index contributed by atoms with van der Waals surface area (Å²) in [7, 11) is 0. The second-order valence-electron chi connectivity index (χ2n) is 6.60. The number of carbonyl (C=O) groups excluding carboxylic acids is 2. The molecule has 2 aromatic rings. The molecule has 0 bridgehead atoms. The molecule has 0 spiro atoms. The van der Waals surface area contributed by atoms with Gasteiger partial charge in [0.05, 0.1) is 12.2 Å². The molecule has 2 N–H and O–H groups in total. The minimum absolute atomic E-state index is 0.0176. The van der Waals surface area contributed by atoms with Crippen LogP contribution in [-0.4, -0.2) is 29.9 Å². The number of anilines is 1. The minimum atomic E-state index is -5.03. The number of benzene rings is 1. The van der Waals surface area contributed by atoms with Crippen molar-refractivity contribution < 1.29 is 32.0 Å². The van der Waals surface area contributed by atoms with E-state index in [0.717, 1.165) is 18.9 Å². The van der Waals surface area contributed by atoms with Crippen molar-refractivity contribution in [3.05, 3.63) is 46.3 Å². The van der Waals surface area contributed by atoms with Gasteiger partial charge in [-0.15, -0.1) is 0 Å². The van der Waals surface area contributed by atoms with Gasteiger partial charge in [0, 0.05) is 22.6 Å². The lowest BCUT2D eigenvalue weighted by molar-refractivity contribution is -0.261. The van der Waals surface area contributed by atoms with Crippen LogP contribution < -0.4 is 10.6 Å². The van der Waals surface area contributed by atoms with Crippen LogP contribution in [0.25, 0.3) is 0 Å². The lowest BCUT2D eigenvalue weighted by Crippen LogP contribution is -2.56. The molecule has 0 saturated heterocycles. The zero-order valence-electron chi connectivity index (χ0n) is 14.1. The zero-order valence-corrected chi connectivity index (χ0v) is 14.9. The van der Waals surface area contributed by atoms with Crippen molar-refractivity contribution in [3.8, 4) is 0 Å². The number of ether oxygens (including phenoxy) is 1. The largest absolute Gasteiger partial charge is 0.434 e. The highest BCUT2D eigenvalue weighted by atomic mass is 35.5. The third-order valence-corrected chi connectivity index (χ3v) is 4.85. The summed E-state index contributed by atoms with van der Waals surface area (Å²) in [6, 6.07) is 5.00. The number of cyclic esters (lactones) is 1. The van der Waals surface area contributed by atoms with Crippen LogP contribution in [0.2, 0.25) is 5.02 Å². The number of hydrogen-bond donors (Lipinski definition) is 2. The SMILES string of the molecule is O=C1Nc2ccc(Cl)cc2C(CNC(=O)c2cc(C3CC3)on2)(C(F)(F)F)O1. The number of hydrogen-bond acceptors (Lipinski definition) is 5. The van der Waals surface area contributed by atoms with Gasteiger partial charge >= 0.3 is 12.3 Å². The highest BCUT2D eigenvalue weighted by Gasteiger charge is 2.62. The van der Waals surface area contributed by atoms with Gasteiger partial charge in [0.2, 0.25) is 0 Å². The maximum Gasteiger partial charge on any atom is 0.434 e. The molecule has 2 amide bonds. The van der Waals surface area contributed by atoms with Crippen molar-refractivity contribution in [3.63, 3.8) is 0 Å². The Morgan fingerprint density at radius 2 is 2.11 bits per heavy atom. The van der Waals surface area contributed by atoms with Crippen LogP contribution in [0.1, 0.15) is 40.6 Å². The lowest BCUT2D eigenvalue weighted by Gasteiger charge is -2.39. The summed E-state index contributed by atoms with van der Waals surface area (Å²) in [5, 5.41) is 7.94. The molecular weight excluding hydrogens is 403 g/mol. The molecule has 2 aliphatic rings. The van der Waals surface area contributed by atoms with Crippen molar-refractivity contribution >= 4 is 29.3 Å². The van der Waals surface area contributed by atoms with Gasteiger partial charge in [-0.05, 0) is 31.0 Å². The van der Waals surface area contributed by atoms with E-state index in [2.05, 4.69) is 20.5 Å². The van der Waals surface area contributed by atoms with Crippen LogP contribution in [-0.2, 0) is 10.3 Å². The topological polar surface area (TPSA) is 93.5 Å². The highest BCUT2D eigenvalue weighted by molar-refractivity contribution is 6.30. The van der Waals surface area contributed by atoms with E-state index in [9.17, 15) is 22.8 Å². The van der Waals surface area contributed by atoms with Crippen LogP contribution in [0.4, 0.5) is 23.7 Å². The Morgan fingerprint density at radius 3 is 2.79 bits per heavy atom. The number of carbonyl (C=O) groups is 2. The predicted octanol–water partition coefficient (Wildman–Crippen LogP) is 3.96. The molecule has 2 heterocycles. The molecule has 1 aliphatic heterocycles. The molecule has 1 aromatic heterocycles. The van der Waals surface area contributed by atoms with Crippen LogP contribution >= 0.6 is 11.6 Å². The first-order valence-corrected chi connectivity index (χ1v) is 8.69. The number of fused-ring (bicyclic) bond motifs is 1. The maximum atomic E-state index is 14.0. The fourth-order valence-electron chi connectivity index (χ4n) is 3.00. The molecule has 1 fully saturated rings. The Bertz CT molecular complexity index is 957. The van der Waals surface area contributed by atoms with E-state index in [1.807, 2.05) is 0 Å².